The van der Waals surface area contributed by atoms with Gasteiger partial charge in [-0.05, 0) is 37.6 Å². The Balaban J connectivity index is 2.43. The zero-order valence-corrected chi connectivity index (χ0v) is 14.3. The number of carbonyl (C=O) groups excluding carboxylic acids is 2. The van der Waals surface area contributed by atoms with Gasteiger partial charge < -0.3 is 19.7 Å². The van der Waals surface area contributed by atoms with E-state index < -0.39 is 0 Å². The van der Waals surface area contributed by atoms with Gasteiger partial charge in [0.1, 0.15) is 18.1 Å². The Morgan fingerprint density at radius 1 is 1.22 bits per heavy atom. The minimum atomic E-state index is -0.154. The first kappa shape index (κ1) is 18.8. The fraction of sp³-hybridized carbons (Fsp3) is 0.529. The zero-order chi connectivity index (χ0) is 17.2. The average Bonchev–Trinajstić information content (AvgIpc) is 2.54. The van der Waals surface area contributed by atoms with Crippen LogP contribution in [0.2, 0.25) is 0 Å². The van der Waals surface area contributed by atoms with Crippen LogP contribution in [0.5, 0.6) is 11.5 Å². The largest absolute Gasteiger partial charge is 0.497 e. The monoisotopic (exact) mass is 322 g/mol. The van der Waals surface area contributed by atoms with Gasteiger partial charge in [-0.3, -0.25) is 9.59 Å². The molecule has 0 aromatic heterocycles. The van der Waals surface area contributed by atoms with E-state index in [1.165, 1.54) is 11.8 Å². The molecule has 1 atom stereocenters. The molecular weight excluding hydrogens is 296 g/mol. The second kappa shape index (κ2) is 9.71. The molecule has 0 fully saturated rings. The summed E-state index contributed by atoms with van der Waals surface area (Å²) in [6, 6.07) is 7.31. The van der Waals surface area contributed by atoms with Gasteiger partial charge in [0, 0.05) is 13.0 Å². The molecule has 6 nitrogen and oxygen atoms in total. The first-order valence-electron chi connectivity index (χ1n) is 7.78. The smallest absolute Gasteiger partial charge is 0.239 e. The highest BCUT2D eigenvalue weighted by Crippen LogP contribution is 2.16. The van der Waals surface area contributed by atoms with Gasteiger partial charge in [0.25, 0.3) is 0 Å². The second-order valence-corrected chi connectivity index (χ2v) is 5.34. The zero-order valence-electron chi connectivity index (χ0n) is 14.3. The molecule has 1 aromatic carbocycles. The van der Waals surface area contributed by atoms with Crippen molar-refractivity contribution >= 4 is 11.8 Å². The van der Waals surface area contributed by atoms with Gasteiger partial charge in [0.05, 0.1) is 20.2 Å². The van der Waals surface area contributed by atoms with Gasteiger partial charge in [0.15, 0.2) is 0 Å². The highest BCUT2D eigenvalue weighted by molar-refractivity contribution is 5.83. The minimum absolute atomic E-state index is 0.0473. The van der Waals surface area contributed by atoms with E-state index in [9.17, 15) is 9.59 Å². The van der Waals surface area contributed by atoms with E-state index >= 15 is 0 Å². The predicted molar refractivity (Wildman–Crippen MR) is 88.6 cm³/mol. The Morgan fingerprint density at radius 3 is 2.35 bits per heavy atom. The van der Waals surface area contributed by atoms with Crippen molar-refractivity contribution in [2.24, 2.45) is 0 Å². The van der Waals surface area contributed by atoms with Gasteiger partial charge in [-0.1, -0.05) is 6.92 Å². The molecule has 2 amide bonds. The van der Waals surface area contributed by atoms with E-state index in [4.69, 9.17) is 9.47 Å². The number of rotatable bonds is 9. The molecule has 0 heterocycles. The molecule has 0 aliphatic heterocycles. The SMILES string of the molecule is CCC(C)NC(=O)CN(CCOc1ccc(OC)cc1)C(C)=O. The molecule has 0 radical (unpaired) electrons. The molecule has 1 unspecified atom stereocenters. The van der Waals surface area contributed by atoms with Crippen molar-refractivity contribution in [2.45, 2.75) is 33.2 Å². The fourth-order valence-corrected chi connectivity index (χ4v) is 1.89. The van der Waals surface area contributed by atoms with Crippen LogP contribution in [0.3, 0.4) is 0 Å². The van der Waals surface area contributed by atoms with Crippen LogP contribution in [0.25, 0.3) is 0 Å². The van der Waals surface area contributed by atoms with Crippen molar-refractivity contribution in [1.82, 2.24) is 10.2 Å². The lowest BCUT2D eigenvalue weighted by molar-refractivity contribution is -0.134. The summed E-state index contributed by atoms with van der Waals surface area (Å²) in [4.78, 5) is 25.0. The lowest BCUT2D eigenvalue weighted by Crippen LogP contribution is -2.43. The molecule has 0 saturated carbocycles. The van der Waals surface area contributed by atoms with Crippen LogP contribution in [-0.4, -0.2) is 49.6 Å². The molecular formula is C17H26N2O4. The molecule has 0 saturated heterocycles. The summed E-state index contributed by atoms with van der Waals surface area (Å²) in [6.07, 6.45) is 0.854. The molecule has 128 valence electrons. The molecule has 1 aromatic rings. The maximum absolute atomic E-state index is 11.9. The van der Waals surface area contributed by atoms with Crippen LogP contribution in [0.15, 0.2) is 24.3 Å². The summed E-state index contributed by atoms with van der Waals surface area (Å²) in [5.74, 6) is 1.14. The maximum atomic E-state index is 11.9. The molecule has 0 spiro atoms. The topological polar surface area (TPSA) is 67.9 Å². The number of methoxy groups -OCH3 is 1. The van der Waals surface area contributed by atoms with Gasteiger partial charge >= 0.3 is 0 Å². The van der Waals surface area contributed by atoms with E-state index in [-0.39, 0.29) is 24.4 Å². The molecule has 0 aliphatic carbocycles. The van der Waals surface area contributed by atoms with Crippen molar-refractivity contribution in [2.75, 3.05) is 26.8 Å². The third-order valence-electron chi connectivity index (χ3n) is 3.49. The lowest BCUT2D eigenvalue weighted by atomic mass is 10.2. The van der Waals surface area contributed by atoms with Gasteiger partial charge in [0.2, 0.25) is 11.8 Å². The van der Waals surface area contributed by atoms with Crippen LogP contribution in [0.4, 0.5) is 0 Å². The number of nitrogens with one attached hydrogen (secondary N) is 1. The van der Waals surface area contributed by atoms with Crippen LogP contribution < -0.4 is 14.8 Å². The minimum Gasteiger partial charge on any atom is -0.497 e. The number of ether oxygens (including phenoxy) is 2. The Kier molecular flexibility index (Phi) is 7.94. The lowest BCUT2D eigenvalue weighted by Gasteiger charge is -2.22. The van der Waals surface area contributed by atoms with E-state index in [0.717, 1.165) is 12.2 Å². The van der Waals surface area contributed by atoms with E-state index in [2.05, 4.69) is 5.32 Å². The van der Waals surface area contributed by atoms with Crippen LogP contribution >= 0.6 is 0 Å². The van der Waals surface area contributed by atoms with Crippen LogP contribution in [-0.2, 0) is 9.59 Å². The van der Waals surface area contributed by atoms with Crippen molar-refractivity contribution in [1.29, 1.82) is 0 Å². The molecule has 0 bridgehead atoms. The standard InChI is InChI=1S/C17H26N2O4/c1-5-13(2)18-17(21)12-19(14(3)20)10-11-23-16-8-6-15(22-4)7-9-16/h6-9,13H,5,10-12H2,1-4H3,(H,18,21). The molecule has 23 heavy (non-hydrogen) atoms. The summed E-state index contributed by atoms with van der Waals surface area (Å²) < 4.78 is 10.7. The highest BCUT2D eigenvalue weighted by Gasteiger charge is 2.14. The average molecular weight is 322 g/mol. The summed E-state index contributed by atoms with van der Waals surface area (Å²) in [7, 11) is 1.60. The van der Waals surface area contributed by atoms with E-state index in [0.29, 0.717) is 18.9 Å². The highest BCUT2D eigenvalue weighted by atomic mass is 16.5. The number of hydrogen-bond acceptors (Lipinski definition) is 4. The molecule has 1 N–H and O–H groups in total. The first-order chi connectivity index (χ1) is 11.0. The van der Waals surface area contributed by atoms with Crippen molar-refractivity contribution in [3.05, 3.63) is 24.3 Å². The Morgan fingerprint density at radius 2 is 1.83 bits per heavy atom. The summed E-state index contributed by atoms with van der Waals surface area (Å²) >= 11 is 0. The van der Waals surface area contributed by atoms with Crippen LogP contribution in [0.1, 0.15) is 27.2 Å². The number of nitrogens with zero attached hydrogens (tertiary/aromatic N) is 1. The van der Waals surface area contributed by atoms with Gasteiger partial charge in [-0.15, -0.1) is 0 Å². The van der Waals surface area contributed by atoms with Crippen LogP contribution in [0, 0.1) is 0 Å². The number of benzene rings is 1. The van der Waals surface area contributed by atoms with Gasteiger partial charge in [-0.25, -0.2) is 0 Å². The third kappa shape index (κ3) is 7.04. The number of hydrogen-bond donors (Lipinski definition) is 1. The number of amides is 2. The first-order valence-corrected chi connectivity index (χ1v) is 7.78. The quantitative estimate of drug-likeness (QED) is 0.753. The summed E-state index contributed by atoms with van der Waals surface area (Å²) in [5.41, 5.74) is 0. The second-order valence-electron chi connectivity index (χ2n) is 5.34. The molecule has 0 aliphatic rings. The maximum Gasteiger partial charge on any atom is 0.239 e. The Bertz CT molecular complexity index is 502. The van der Waals surface area contributed by atoms with E-state index in [1.807, 2.05) is 13.8 Å². The summed E-state index contributed by atoms with van der Waals surface area (Å²) in [6.45, 7) is 6.10. The number of carbonyl (C=O) groups is 2. The Labute approximate surface area is 137 Å². The van der Waals surface area contributed by atoms with E-state index in [1.54, 1.807) is 31.4 Å². The molecule has 6 heteroatoms. The van der Waals surface area contributed by atoms with Gasteiger partial charge in [-0.2, -0.15) is 0 Å². The normalized spacial score (nSPS) is 11.5. The molecule has 1 rings (SSSR count). The van der Waals surface area contributed by atoms with Crippen molar-refractivity contribution in [3.63, 3.8) is 0 Å². The Hall–Kier alpha value is -2.24. The summed E-state index contributed by atoms with van der Waals surface area (Å²) in [5, 5.41) is 2.85. The fourth-order valence-electron chi connectivity index (χ4n) is 1.89. The predicted octanol–water partition coefficient (Wildman–Crippen LogP) is 1.84. The van der Waals surface area contributed by atoms with Crippen molar-refractivity contribution in [3.8, 4) is 11.5 Å². The van der Waals surface area contributed by atoms with Crippen molar-refractivity contribution < 1.29 is 19.1 Å². The third-order valence-corrected chi connectivity index (χ3v) is 3.49.